The fourth-order valence-electron chi connectivity index (χ4n) is 2.39. The molecule has 0 aromatic heterocycles. The molecule has 3 N–H and O–H groups in total. The molecule has 0 unspecified atom stereocenters. The molecule has 1 aliphatic rings. The van der Waals surface area contributed by atoms with E-state index < -0.39 is 4.92 Å². The Morgan fingerprint density at radius 2 is 2.05 bits per heavy atom. The number of nitrogens with zero attached hydrogens (tertiary/aromatic N) is 3. The summed E-state index contributed by atoms with van der Waals surface area (Å²) in [6.45, 7) is 5.87. The normalized spacial score (nSPS) is 15.8. The standard InChI is InChI=1S/C13H19N5O3/c1-2-16-5-7-17(8-6-16)13(19)11-9-10(18(20)21)3-4-12(11)15-14/h3-4,9,15H,2,5-8,14H2,1H3. The summed E-state index contributed by atoms with van der Waals surface area (Å²) < 4.78 is 0. The van der Waals surface area contributed by atoms with Crippen molar-refractivity contribution < 1.29 is 9.72 Å². The summed E-state index contributed by atoms with van der Waals surface area (Å²) >= 11 is 0. The SMILES string of the molecule is CCN1CCN(C(=O)c2cc([N+](=O)[O-])ccc2NN)CC1. The lowest BCUT2D eigenvalue weighted by Gasteiger charge is -2.34. The van der Waals surface area contributed by atoms with Crippen LogP contribution in [0.1, 0.15) is 17.3 Å². The minimum absolute atomic E-state index is 0.121. The number of piperazine rings is 1. The second kappa shape index (κ2) is 6.51. The molecule has 1 aromatic rings. The second-order valence-corrected chi connectivity index (χ2v) is 4.86. The Bertz CT molecular complexity index is 541. The quantitative estimate of drug-likeness (QED) is 0.480. The van der Waals surface area contributed by atoms with E-state index in [-0.39, 0.29) is 17.2 Å². The Hall–Kier alpha value is -2.19. The second-order valence-electron chi connectivity index (χ2n) is 4.86. The average molecular weight is 293 g/mol. The minimum Gasteiger partial charge on any atom is -0.336 e. The molecule has 1 saturated heterocycles. The van der Waals surface area contributed by atoms with Gasteiger partial charge in [-0.25, -0.2) is 0 Å². The van der Waals surface area contributed by atoms with Crippen molar-refractivity contribution >= 4 is 17.3 Å². The molecule has 21 heavy (non-hydrogen) atoms. The molecule has 0 atom stereocenters. The van der Waals surface area contributed by atoms with Crippen molar-refractivity contribution in [2.75, 3.05) is 38.1 Å². The van der Waals surface area contributed by atoms with E-state index >= 15 is 0 Å². The van der Waals surface area contributed by atoms with E-state index in [1.165, 1.54) is 18.2 Å². The van der Waals surface area contributed by atoms with Crippen LogP contribution in [0.4, 0.5) is 11.4 Å². The maximum Gasteiger partial charge on any atom is 0.270 e. The minimum atomic E-state index is -0.522. The van der Waals surface area contributed by atoms with Gasteiger partial charge < -0.3 is 15.2 Å². The highest BCUT2D eigenvalue weighted by molar-refractivity contribution is 6.00. The summed E-state index contributed by atoms with van der Waals surface area (Å²) in [6, 6.07) is 4.04. The van der Waals surface area contributed by atoms with Crippen molar-refractivity contribution in [3.8, 4) is 0 Å². The third-order valence-electron chi connectivity index (χ3n) is 3.71. The first-order chi connectivity index (χ1) is 10.1. The zero-order valence-corrected chi connectivity index (χ0v) is 11.9. The third-order valence-corrected chi connectivity index (χ3v) is 3.71. The largest absolute Gasteiger partial charge is 0.336 e. The predicted molar refractivity (Wildman–Crippen MR) is 78.9 cm³/mol. The first kappa shape index (κ1) is 15.2. The van der Waals surface area contributed by atoms with E-state index in [4.69, 9.17) is 5.84 Å². The van der Waals surface area contributed by atoms with Crippen molar-refractivity contribution in [3.05, 3.63) is 33.9 Å². The van der Waals surface area contributed by atoms with Gasteiger partial charge in [0.15, 0.2) is 0 Å². The molecular weight excluding hydrogens is 274 g/mol. The van der Waals surface area contributed by atoms with Crippen molar-refractivity contribution in [3.63, 3.8) is 0 Å². The molecule has 0 saturated carbocycles. The summed E-state index contributed by atoms with van der Waals surface area (Å²) in [7, 11) is 0. The van der Waals surface area contributed by atoms with Crippen LogP contribution in [0.3, 0.4) is 0 Å². The Morgan fingerprint density at radius 1 is 1.38 bits per heavy atom. The van der Waals surface area contributed by atoms with Gasteiger partial charge in [-0.1, -0.05) is 6.92 Å². The number of nitro groups is 1. The first-order valence-electron chi connectivity index (χ1n) is 6.83. The Kier molecular flexibility index (Phi) is 4.71. The summed E-state index contributed by atoms with van der Waals surface area (Å²) in [5.74, 6) is 5.16. The number of likely N-dealkylation sites (N-methyl/N-ethyl adjacent to an activating group) is 1. The zero-order valence-electron chi connectivity index (χ0n) is 11.9. The van der Waals surface area contributed by atoms with Gasteiger partial charge in [-0.15, -0.1) is 0 Å². The van der Waals surface area contributed by atoms with Gasteiger partial charge in [0, 0.05) is 38.3 Å². The van der Waals surface area contributed by atoms with Crippen LogP contribution in [0.25, 0.3) is 0 Å². The van der Waals surface area contributed by atoms with Gasteiger partial charge in [-0.3, -0.25) is 20.8 Å². The number of non-ortho nitro benzene ring substituents is 1. The Labute approximate surface area is 122 Å². The van der Waals surface area contributed by atoms with Crippen LogP contribution in [0.15, 0.2) is 18.2 Å². The molecule has 1 aliphatic heterocycles. The molecule has 1 heterocycles. The number of nitro benzene ring substituents is 1. The van der Waals surface area contributed by atoms with Gasteiger partial charge in [0.25, 0.3) is 11.6 Å². The number of carbonyl (C=O) groups is 1. The molecule has 0 spiro atoms. The molecule has 8 nitrogen and oxygen atoms in total. The van der Waals surface area contributed by atoms with Crippen LogP contribution >= 0.6 is 0 Å². The van der Waals surface area contributed by atoms with Gasteiger partial charge in [0.05, 0.1) is 16.2 Å². The monoisotopic (exact) mass is 293 g/mol. The smallest absolute Gasteiger partial charge is 0.270 e. The number of carbonyl (C=O) groups excluding carboxylic acids is 1. The molecule has 0 radical (unpaired) electrons. The lowest BCUT2D eigenvalue weighted by Crippen LogP contribution is -2.48. The van der Waals surface area contributed by atoms with Crippen molar-refractivity contribution in [1.82, 2.24) is 9.80 Å². The topological polar surface area (TPSA) is 105 Å². The van der Waals surface area contributed by atoms with Crippen LogP contribution in [0.5, 0.6) is 0 Å². The third kappa shape index (κ3) is 3.29. The number of nitrogens with one attached hydrogen (secondary N) is 1. The molecule has 2 rings (SSSR count). The fourth-order valence-corrected chi connectivity index (χ4v) is 2.39. The number of rotatable bonds is 4. The highest BCUT2D eigenvalue weighted by atomic mass is 16.6. The van der Waals surface area contributed by atoms with E-state index in [1.54, 1.807) is 4.90 Å². The first-order valence-corrected chi connectivity index (χ1v) is 6.83. The lowest BCUT2D eigenvalue weighted by molar-refractivity contribution is -0.384. The van der Waals surface area contributed by atoms with Crippen molar-refractivity contribution in [1.29, 1.82) is 0 Å². The average Bonchev–Trinajstić information content (AvgIpc) is 2.53. The van der Waals surface area contributed by atoms with E-state index in [9.17, 15) is 14.9 Å². The number of hydrogen-bond donors (Lipinski definition) is 2. The molecule has 1 amide bonds. The van der Waals surface area contributed by atoms with Crippen LogP contribution < -0.4 is 11.3 Å². The van der Waals surface area contributed by atoms with E-state index in [1.807, 2.05) is 0 Å². The Balaban J connectivity index is 2.22. The maximum atomic E-state index is 12.5. The summed E-state index contributed by atoms with van der Waals surface area (Å²) in [5.41, 5.74) is 2.93. The highest BCUT2D eigenvalue weighted by Gasteiger charge is 2.24. The maximum absolute atomic E-state index is 12.5. The van der Waals surface area contributed by atoms with Gasteiger partial charge >= 0.3 is 0 Å². The van der Waals surface area contributed by atoms with Crippen LogP contribution in [0, 0.1) is 10.1 Å². The number of amides is 1. The fraction of sp³-hybridized carbons (Fsp3) is 0.462. The lowest BCUT2D eigenvalue weighted by atomic mass is 10.1. The summed E-state index contributed by atoms with van der Waals surface area (Å²) in [5, 5.41) is 10.9. The van der Waals surface area contributed by atoms with E-state index in [0.29, 0.717) is 18.8 Å². The number of anilines is 1. The van der Waals surface area contributed by atoms with Gasteiger partial charge in [0.2, 0.25) is 0 Å². The number of hydrazine groups is 1. The Morgan fingerprint density at radius 3 is 2.57 bits per heavy atom. The van der Waals surface area contributed by atoms with Crippen LogP contribution in [-0.4, -0.2) is 53.4 Å². The molecule has 1 aromatic carbocycles. The highest BCUT2D eigenvalue weighted by Crippen LogP contribution is 2.23. The molecule has 0 aliphatic carbocycles. The summed E-state index contributed by atoms with van der Waals surface area (Å²) in [4.78, 5) is 26.8. The molecule has 0 bridgehead atoms. The molecule has 8 heteroatoms. The number of benzene rings is 1. The van der Waals surface area contributed by atoms with Gasteiger partial charge in [-0.2, -0.15) is 0 Å². The molecular formula is C13H19N5O3. The number of hydrogen-bond acceptors (Lipinski definition) is 6. The van der Waals surface area contributed by atoms with E-state index in [0.717, 1.165) is 19.6 Å². The summed E-state index contributed by atoms with van der Waals surface area (Å²) in [6.07, 6.45) is 0. The van der Waals surface area contributed by atoms with Crippen LogP contribution in [-0.2, 0) is 0 Å². The predicted octanol–water partition coefficient (Wildman–Crippen LogP) is 0.658. The number of nitrogen functional groups attached to an aromatic ring is 1. The van der Waals surface area contributed by atoms with Crippen molar-refractivity contribution in [2.24, 2.45) is 5.84 Å². The van der Waals surface area contributed by atoms with Gasteiger partial charge in [0.1, 0.15) is 0 Å². The van der Waals surface area contributed by atoms with Crippen molar-refractivity contribution in [2.45, 2.75) is 6.92 Å². The molecule has 1 fully saturated rings. The van der Waals surface area contributed by atoms with E-state index in [2.05, 4.69) is 17.2 Å². The number of nitrogens with two attached hydrogens (primary N) is 1. The van der Waals surface area contributed by atoms with Gasteiger partial charge in [-0.05, 0) is 12.6 Å². The molecule has 114 valence electrons. The van der Waals surface area contributed by atoms with Crippen LogP contribution in [0.2, 0.25) is 0 Å². The zero-order chi connectivity index (χ0) is 15.4.